The van der Waals surface area contributed by atoms with Gasteiger partial charge in [0.05, 0.1) is 13.2 Å². The third kappa shape index (κ3) is 2.05. The predicted octanol–water partition coefficient (Wildman–Crippen LogP) is 3.45. The van der Waals surface area contributed by atoms with Crippen molar-refractivity contribution < 1.29 is 9.47 Å². The lowest BCUT2D eigenvalue weighted by atomic mass is 10.1. The van der Waals surface area contributed by atoms with Gasteiger partial charge in [0.2, 0.25) is 0 Å². The van der Waals surface area contributed by atoms with Crippen LogP contribution in [0, 0.1) is 11.3 Å². The van der Waals surface area contributed by atoms with Gasteiger partial charge in [-0.1, -0.05) is 0 Å². The zero-order valence-electron chi connectivity index (χ0n) is 9.68. The van der Waals surface area contributed by atoms with Crippen LogP contribution in [0.3, 0.4) is 0 Å². The molecule has 0 amide bonds. The Morgan fingerprint density at radius 2 is 1.89 bits per heavy atom. The van der Waals surface area contributed by atoms with Crippen LogP contribution < -0.4 is 9.47 Å². The maximum atomic E-state index is 8.84. The molecule has 0 saturated heterocycles. The molecule has 3 nitrogen and oxygen atoms in total. The maximum Gasteiger partial charge on any atom is 0.161 e. The lowest BCUT2D eigenvalue weighted by molar-refractivity contribution is 0.297. The Kier molecular flexibility index (Phi) is 2.91. The maximum absolute atomic E-state index is 8.84. The van der Waals surface area contributed by atoms with E-state index < -0.39 is 0 Å². The summed E-state index contributed by atoms with van der Waals surface area (Å²) in [7, 11) is 0. The molecule has 0 atom stereocenters. The number of rotatable bonds is 1. The minimum Gasteiger partial charge on any atom is -0.490 e. The lowest BCUT2D eigenvalue weighted by Gasteiger charge is -2.08. The summed E-state index contributed by atoms with van der Waals surface area (Å²) in [6.07, 6.45) is 0.904. The molecule has 0 spiro atoms. The predicted molar refractivity (Wildman–Crippen MR) is 70.1 cm³/mol. The Morgan fingerprint density at radius 3 is 2.67 bits per heavy atom. The van der Waals surface area contributed by atoms with Crippen molar-refractivity contribution in [2.45, 2.75) is 6.42 Å². The van der Waals surface area contributed by atoms with Crippen LogP contribution in [-0.4, -0.2) is 13.2 Å². The summed E-state index contributed by atoms with van der Waals surface area (Å²) in [6, 6.07) is 11.9. The topological polar surface area (TPSA) is 42.2 Å². The molecule has 0 fully saturated rings. The van der Waals surface area contributed by atoms with Gasteiger partial charge in [-0.3, -0.25) is 0 Å². The minimum atomic E-state index is 0.685. The van der Waals surface area contributed by atoms with Crippen molar-refractivity contribution in [2.75, 3.05) is 13.2 Å². The molecule has 1 aliphatic rings. The van der Waals surface area contributed by atoms with E-state index in [1.54, 1.807) is 0 Å². The highest BCUT2D eigenvalue weighted by Crippen LogP contribution is 2.36. The van der Waals surface area contributed by atoms with Gasteiger partial charge in [0.1, 0.15) is 10.9 Å². The molecule has 0 unspecified atom stereocenters. The second-order valence-electron chi connectivity index (χ2n) is 3.99. The van der Waals surface area contributed by atoms with Crippen molar-refractivity contribution in [3.05, 3.63) is 35.2 Å². The number of hydrogen-bond acceptors (Lipinski definition) is 4. The zero-order valence-corrected chi connectivity index (χ0v) is 10.5. The number of thiophene rings is 1. The summed E-state index contributed by atoms with van der Waals surface area (Å²) < 4.78 is 11.3. The van der Waals surface area contributed by atoms with Crippen LogP contribution in [0.2, 0.25) is 0 Å². The van der Waals surface area contributed by atoms with E-state index in [4.69, 9.17) is 14.7 Å². The highest BCUT2D eigenvalue weighted by molar-refractivity contribution is 7.16. The average molecular weight is 257 g/mol. The molecule has 4 heteroatoms. The molecule has 2 aromatic rings. The van der Waals surface area contributed by atoms with E-state index in [2.05, 4.69) is 6.07 Å². The van der Waals surface area contributed by atoms with Gasteiger partial charge < -0.3 is 9.47 Å². The van der Waals surface area contributed by atoms with E-state index in [9.17, 15) is 0 Å². The first-order valence-corrected chi connectivity index (χ1v) is 6.58. The van der Waals surface area contributed by atoms with Crippen LogP contribution >= 0.6 is 11.3 Å². The molecule has 2 heterocycles. The smallest absolute Gasteiger partial charge is 0.161 e. The van der Waals surface area contributed by atoms with E-state index in [0.29, 0.717) is 13.2 Å². The van der Waals surface area contributed by atoms with E-state index in [1.807, 2.05) is 30.3 Å². The Labute approximate surface area is 109 Å². The first-order valence-electron chi connectivity index (χ1n) is 5.77. The molecule has 1 aromatic heterocycles. The van der Waals surface area contributed by atoms with Crippen LogP contribution in [0.5, 0.6) is 11.5 Å². The highest BCUT2D eigenvalue weighted by atomic mass is 32.1. The highest BCUT2D eigenvalue weighted by Gasteiger charge is 2.12. The van der Waals surface area contributed by atoms with Gasteiger partial charge in [0.25, 0.3) is 0 Å². The standard InChI is InChI=1S/C14H11NO2S/c15-9-11-3-5-14(18-11)10-2-4-12-13(8-10)17-7-1-6-16-12/h2-5,8H,1,6-7H2. The van der Waals surface area contributed by atoms with Crippen LogP contribution in [0.4, 0.5) is 0 Å². The molecule has 0 N–H and O–H groups in total. The van der Waals surface area contributed by atoms with Gasteiger partial charge in [-0.2, -0.15) is 5.26 Å². The summed E-state index contributed by atoms with van der Waals surface area (Å²) >= 11 is 1.48. The Morgan fingerprint density at radius 1 is 1.06 bits per heavy atom. The third-order valence-electron chi connectivity index (χ3n) is 2.75. The average Bonchev–Trinajstić information content (AvgIpc) is 2.76. The van der Waals surface area contributed by atoms with Crippen molar-refractivity contribution >= 4 is 11.3 Å². The van der Waals surface area contributed by atoms with Crippen molar-refractivity contribution in [3.63, 3.8) is 0 Å². The number of fused-ring (bicyclic) bond motifs is 1. The molecule has 1 aliphatic heterocycles. The van der Waals surface area contributed by atoms with E-state index in [0.717, 1.165) is 33.2 Å². The fourth-order valence-electron chi connectivity index (χ4n) is 1.87. The molecule has 1 aromatic carbocycles. The summed E-state index contributed by atoms with van der Waals surface area (Å²) in [4.78, 5) is 1.79. The van der Waals surface area contributed by atoms with Crippen LogP contribution in [-0.2, 0) is 0 Å². The van der Waals surface area contributed by atoms with Crippen LogP contribution in [0.1, 0.15) is 11.3 Å². The number of nitriles is 1. The Hall–Kier alpha value is -1.99. The van der Waals surface area contributed by atoms with Crippen molar-refractivity contribution in [3.8, 4) is 28.0 Å². The fourth-order valence-corrected chi connectivity index (χ4v) is 2.67. The Bertz CT molecular complexity index is 612. The van der Waals surface area contributed by atoms with Gasteiger partial charge in [-0.05, 0) is 35.9 Å². The van der Waals surface area contributed by atoms with Crippen LogP contribution in [0.25, 0.3) is 10.4 Å². The normalized spacial score (nSPS) is 13.7. The van der Waals surface area contributed by atoms with Gasteiger partial charge in [0, 0.05) is 11.3 Å². The number of ether oxygens (including phenoxy) is 2. The molecule has 0 aliphatic carbocycles. The van der Waals surface area contributed by atoms with Crippen molar-refractivity contribution in [2.24, 2.45) is 0 Å². The van der Waals surface area contributed by atoms with E-state index in [-0.39, 0.29) is 0 Å². The number of nitrogens with zero attached hydrogens (tertiary/aromatic N) is 1. The molecule has 0 saturated carbocycles. The van der Waals surface area contributed by atoms with Crippen molar-refractivity contribution in [1.29, 1.82) is 5.26 Å². The molecular weight excluding hydrogens is 246 g/mol. The second kappa shape index (κ2) is 4.71. The first kappa shape index (κ1) is 11.1. The molecular formula is C14H11NO2S. The monoisotopic (exact) mass is 257 g/mol. The van der Waals surface area contributed by atoms with Gasteiger partial charge >= 0.3 is 0 Å². The third-order valence-corrected chi connectivity index (χ3v) is 3.79. The molecule has 0 radical (unpaired) electrons. The number of hydrogen-bond donors (Lipinski definition) is 0. The summed E-state index contributed by atoms with van der Waals surface area (Å²) in [5.41, 5.74) is 1.06. The van der Waals surface area contributed by atoms with E-state index >= 15 is 0 Å². The fraction of sp³-hybridized carbons (Fsp3) is 0.214. The minimum absolute atomic E-state index is 0.685. The summed E-state index contributed by atoms with van der Waals surface area (Å²) in [6.45, 7) is 1.38. The van der Waals surface area contributed by atoms with Gasteiger partial charge in [-0.25, -0.2) is 0 Å². The Balaban J connectivity index is 1.98. The molecule has 90 valence electrons. The quantitative estimate of drug-likeness (QED) is 0.785. The van der Waals surface area contributed by atoms with Gasteiger partial charge in [-0.15, -0.1) is 11.3 Å². The molecule has 3 rings (SSSR count). The van der Waals surface area contributed by atoms with Crippen LogP contribution in [0.15, 0.2) is 30.3 Å². The van der Waals surface area contributed by atoms with Gasteiger partial charge in [0.15, 0.2) is 11.5 Å². The van der Waals surface area contributed by atoms with E-state index in [1.165, 1.54) is 11.3 Å². The second-order valence-corrected chi connectivity index (χ2v) is 5.07. The molecule has 0 bridgehead atoms. The summed E-state index contributed by atoms with van der Waals surface area (Å²) in [5, 5.41) is 8.84. The van der Waals surface area contributed by atoms with Crippen molar-refractivity contribution in [1.82, 2.24) is 0 Å². The lowest BCUT2D eigenvalue weighted by Crippen LogP contribution is -1.97. The largest absolute Gasteiger partial charge is 0.490 e. The summed E-state index contributed by atoms with van der Waals surface area (Å²) in [5.74, 6) is 1.59. The number of benzene rings is 1. The zero-order chi connectivity index (χ0) is 12.4. The first-order chi connectivity index (χ1) is 8.86. The molecule has 18 heavy (non-hydrogen) atoms. The SMILES string of the molecule is N#Cc1ccc(-c2ccc3c(c2)OCCCO3)s1.